The lowest BCUT2D eigenvalue weighted by molar-refractivity contribution is 0.102. The monoisotopic (exact) mass is 316 g/mol. The zero-order chi connectivity index (χ0) is 15.4. The first-order valence-corrected chi connectivity index (χ1v) is 7.73. The first-order valence-electron chi connectivity index (χ1n) is 7.36. The average molecular weight is 317 g/mol. The first-order chi connectivity index (χ1) is 10.7. The summed E-state index contributed by atoms with van der Waals surface area (Å²) in [6.45, 7) is 0. The van der Waals surface area contributed by atoms with E-state index < -0.39 is 0 Å². The molecule has 5 nitrogen and oxygen atoms in total. The van der Waals surface area contributed by atoms with Crippen LogP contribution in [0.1, 0.15) is 36.2 Å². The van der Waals surface area contributed by atoms with Crippen molar-refractivity contribution in [3.8, 4) is 0 Å². The number of nitrogens with one attached hydrogen (secondary N) is 2. The Morgan fingerprint density at radius 3 is 2.77 bits per heavy atom. The molecule has 2 aromatic rings. The number of nitrogens with zero attached hydrogens (tertiary/aromatic N) is 2. The predicted octanol–water partition coefficient (Wildman–Crippen LogP) is 3.74. The van der Waals surface area contributed by atoms with Gasteiger partial charge in [0.15, 0.2) is 0 Å². The van der Waals surface area contributed by atoms with Gasteiger partial charge in [0.2, 0.25) is 0 Å². The highest BCUT2D eigenvalue weighted by molar-refractivity contribution is 6.33. The Morgan fingerprint density at radius 2 is 2.00 bits per heavy atom. The summed E-state index contributed by atoms with van der Waals surface area (Å²) in [5, 5.41) is 6.55. The highest BCUT2D eigenvalue weighted by Crippen LogP contribution is 2.24. The third kappa shape index (κ3) is 3.54. The molecule has 0 spiro atoms. The molecular weight excluding hydrogens is 300 g/mol. The lowest BCUT2D eigenvalue weighted by atomic mass is 10.2. The highest BCUT2D eigenvalue weighted by Gasteiger charge is 2.15. The Labute approximate surface area is 134 Å². The molecule has 0 aliphatic heterocycles. The molecule has 1 saturated carbocycles. The standard InChI is InChI=1S/C16H17ClN4O/c17-14-9-18-10-19-15(14)16(22)21-13-7-3-6-12(8-13)20-11-4-1-2-5-11/h3,6-11,20H,1-2,4-5H2,(H,21,22). The predicted molar refractivity (Wildman–Crippen MR) is 87.3 cm³/mol. The Balaban J connectivity index is 1.69. The zero-order valence-corrected chi connectivity index (χ0v) is 12.8. The smallest absolute Gasteiger partial charge is 0.275 e. The summed E-state index contributed by atoms with van der Waals surface area (Å²) in [5.74, 6) is -0.342. The van der Waals surface area contributed by atoms with Crippen LogP contribution in [0.25, 0.3) is 0 Å². The van der Waals surface area contributed by atoms with Crippen LogP contribution in [0, 0.1) is 0 Å². The lowest BCUT2D eigenvalue weighted by Crippen LogP contribution is -2.16. The molecule has 1 amide bonds. The van der Waals surface area contributed by atoms with E-state index in [-0.39, 0.29) is 16.6 Å². The van der Waals surface area contributed by atoms with Gasteiger partial charge in [0, 0.05) is 23.6 Å². The van der Waals surface area contributed by atoms with Gasteiger partial charge in [-0.05, 0) is 31.0 Å². The summed E-state index contributed by atoms with van der Waals surface area (Å²) in [7, 11) is 0. The second kappa shape index (κ2) is 6.75. The summed E-state index contributed by atoms with van der Waals surface area (Å²) >= 11 is 5.93. The fraction of sp³-hybridized carbons (Fsp3) is 0.312. The van der Waals surface area contributed by atoms with Gasteiger partial charge in [-0.2, -0.15) is 0 Å². The number of carbonyl (C=O) groups is 1. The van der Waals surface area contributed by atoms with Crippen LogP contribution in [0.5, 0.6) is 0 Å². The highest BCUT2D eigenvalue weighted by atomic mass is 35.5. The number of carbonyl (C=O) groups excluding carboxylic acids is 1. The van der Waals surface area contributed by atoms with Crippen molar-refractivity contribution in [1.82, 2.24) is 9.97 Å². The number of hydrogen-bond acceptors (Lipinski definition) is 4. The van der Waals surface area contributed by atoms with Gasteiger partial charge in [0.05, 0.1) is 5.02 Å². The normalized spacial score (nSPS) is 14.8. The minimum Gasteiger partial charge on any atom is -0.382 e. The molecular formula is C16H17ClN4O. The minimum absolute atomic E-state index is 0.172. The maximum atomic E-state index is 12.2. The van der Waals surface area contributed by atoms with Crippen LogP contribution in [-0.2, 0) is 0 Å². The SMILES string of the molecule is O=C(Nc1cccc(NC2CCCC2)c1)c1ncncc1Cl. The van der Waals surface area contributed by atoms with Crippen LogP contribution in [-0.4, -0.2) is 21.9 Å². The van der Waals surface area contributed by atoms with Crippen molar-refractivity contribution < 1.29 is 4.79 Å². The quantitative estimate of drug-likeness (QED) is 0.901. The van der Waals surface area contributed by atoms with Crippen molar-refractivity contribution >= 4 is 28.9 Å². The van der Waals surface area contributed by atoms with Crippen LogP contribution in [0.3, 0.4) is 0 Å². The first kappa shape index (κ1) is 14.8. The Morgan fingerprint density at radius 1 is 1.23 bits per heavy atom. The fourth-order valence-corrected chi connectivity index (χ4v) is 2.85. The minimum atomic E-state index is -0.342. The molecule has 1 heterocycles. The number of anilines is 2. The van der Waals surface area contributed by atoms with E-state index in [9.17, 15) is 4.79 Å². The van der Waals surface area contributed by atoms with Crippen molar-refractivity contribution in [2.45, 2.75) is 31.7 Å². The van der Waals surface area contributed by atoms with Gasteiger partial charge in [0.25, 0.3) is 5.91 Å². The summed E-state index contributed by atoms with van der Waals surface area (Å²) in [6.07, 6.45) is 7.67. The number of halogens is 1. The Bertz CT molecular complexity index is 671. The molecule has 1 fully saturated rings. The van der Waals surface area contributed by atoms with Gasteiger partial charge in [-0.15, -0.1) is 0 Å². The van der Waals surface area contributed by atoms with Gasteiger partial charge in [-0.1, -0.05) is 30.5 Å². The van der Waals surface area contributed by atoms with E-state index in [2.05, 4.69) is 20.6 Å². The molecule has 1 aliphatic carbocycles. The van der Waals surface area contributed by atoms with Crippen molar-refractivity contribution in [3.63, 3.8) is 0 Å². The van der Waals surface area contributed by atoms with Crippen molar-refractivity contribution in [2.24, 2.45) is 0 Å². The van der Waals surface area contributed by atoms with Gasteiger partial charge in [0.1, 0.15) is 12.0 Å². The summed E-state index contributed by atoms with van der Waals surface area (Å²) in [5.41, 5.74) is 1.90. The number of amides is 1. The lowest BCUT2D eigenvalue weighted by Gasteiger charge is -2.14. The molecule has 1 aromatic carbocycles. The summed E-state index contributed by atoms with van der Waals surface area (Å²) < 4.78 is 0. The van der Waals surface area contributed by atoms with E-state index >= 15 is 0 Å². The van der Waals surface area contributed by atoms with Gasteiger partial charge in [-0.3, -0.25) is 4.79 Å². The number of aromatic nitrogens is 2. The molecule has 114 valence electrons. The largest absolute Gasteiger partial charge is 0.382 e. The topological polar surface area (TPSA) is 66.9 Å². The molecule has 0 atom stereocenters. The third-order valence-electron chi connectivity index (χ3n) is 3.73. The Hall–Kier alpha value is -2.14. The zero-order valence-electron chi connectivity index (χ0n) is 12.1. The van der Waals surface area contributed by atoms with Gasteiger partial charge in [-0.25, -0.2) is 9.97 Å². The van der Waals surface area contributed by atoms with Crippen molar-refractivity contribution in [2.75, 3.05) is 10.6 Å². The van der Waals surface area contributed by atoms with Crippen LogP contribution >= 0.6 is 11.6 Å². The van der Waals surface area contributed by atoms with Gasteiger partial charge < -0.3 is 10.6 Å². The second-order valence-electron chi connectivity index (χ2n) is 5.38. The maximum absolute atomic E-state index is 12.2. The number of rotatable bonds is 4. The summed E-state index contributed by atoms with van der Waals surface area (Å²) in [4.78, 5) is 19.9. The summed E-state index contributed by atoms with van der Waals surface area (Å²) in [6, 6.07) is 8.21. The second-order valence-corrected chi connectivity index (χ2v) is 5.79. The molecule has 0 bridgehead atoms. The molecule has 3 rings (SSSR count). The fourth-order valence-electron chi connectivity index (χ4n) is 2.66. The molecule has 1 aromatic heterocycles. The van der Waals surface area contributed by atoms with Gasteiger partial charge >= 0.3 is 0 Å². The molecule has 2 N–H and O–H groups in total. The molecule has 22 heavy (non-hydrogen) atoms. The molecule has 6 heteroatoms. The number of benzene rings is 1. The Kier molecular flexibility index (Phi) is 4.53. The average Bonchev–Trinajstić information content (AvgIpc) is 3.01. The van der Waals surface area contributed by atoms with Crippen LogP contribution < -0.4 is 10.6 Å². The van der Waals surface area contributed by atoms with Crippen LogP contribution in [0.2, 0.25) is 5.02 Å². The third-order valence-corrected chi connectivity index (χ3v) is 4.01. The molecule has 0 unspecified atom stereocenters. The van der Waals surface area contributed by atoms with Crippen molar-refractivity contribution in [1.29, 1.82) is 0 Å². The molecule has 1 aliphatic rings. The molecule has 0 radical (unpaired) electrons. The van der Waals surface area contributed by atoms with E-state index in [4.69, 9.17) is 11.6 Å². The van der Waals surface area contributed by atoms with E-state index in [1.807, 2.05) is 24.3 Å². The van der Waals surface area contributed by atoms with E-state index in [1.54, 1.807) is 0 Å². The van der Waals surface area contributed by atoms with E-state index in [1.165, 1.54) is 38.2 Å². The van der Waals surface area contributed by atoms with Crippen LogP contribution in [0.4, 0.5) is 11.4 Å². The number of hydrogen-bond donors (Lipinski definition) is 2. The van der Waals surface area contributed by atoms with Crippen LogP contribution in [0.15, 0.2) is 36.8 Å². The van der Waals surface area contributed by atoms with E-state index in [0.717, 1.165) is 5.69 Å². The maximum Gasteiger partial charge on any atom is 0.275 e. The van der Waals surface area contributed by atoms with E-state index in [0.29, 0.717) is 11.7 Å². The molecule has 0 saturated heterocycles. The van der Waals surface area contributed by atoms with Crippen molar-refractivity contribution in [3.05, 3.63) is 47.5 Å².